The van der Waals surface area contributed by atoms with Crippen LogP contribution in [0.25, 0.3) is 70.7 Å². The molecule has 3 heterocycles. The summed E-state index contributed by atoms with van der Waals surface area (Å²) >= 11 is 1.83. The molecule has 0 amide bonds. The summed E-state index contributed by atoms with van der Waals surface area (Å²) in [6.45, 7) is 6.39. The third-order valence-electron chi connectivity index (χ3n) is 7.31. The Morgan fingerprint density at radius 3 is 1.72 bits per heavy atom. The van der Waals surface area contributed by atoms with E-state index in [1.54, 1.807) is 0 Å². The molecule has 0 saturated heterocycles. The van der Waals surface area contributed by atoms with E-state index in [2.05, 4.69) is 79.9 Å². The van der Waals surface area contributed by atoms with Crippen molar-refractivity contribution in [3.63, 3.8) is 0 Å². The van der Waals surface area contributed by atoms with Crippen LogP contribution < -0.4 is 0 Å². The van der Waals surface area contributed by atoms with Crippen molar-refractivity contribution < 1.29 is 0 Å². The zero-order chi connectivity index (χ0) is 32.2. The number of rotatable bonds is 3. The van der Waals surface area contributed by atoms with Gasteiger partial charge in [0.1, 0.15) is 0 Å². The van der Waals surface area contributed by atoms with Crippen LogP contribution in [0, 0.1) is 6.92 Å². The average Bonchev–Trinajstić information content (AvgIpc) is 3.59. The fourth-order valence-electron chi connectivity index (χ4n) is 5.46. The van der Waals surface area contributed by atoms with Crippen LogP contribution in [0.5, 0.6) is 0 Å². The number of fused-ring (bicyclic) bond motifs is 6. The Hall–Kier alpha value is -4.91. The molecule has 0 bridgehead atoms. The summed E-state index contributed by atoms with van der Waals surface area (Å²) in [5.41, 5.74) is 5.33. The van der Waals surface area contributed by atoms with Crippen molar-refractivity contribution in [2.75, 3.05) is 21.1 Å². The van der Waals surface area contributed by atoms with Crippen molar-refractivity contribution in [3.05, 3.63) is 121 Å². The topological polar surface area (TPSA) is 46.8 Å². The molecule has 3 aromatic heterocycles. The molecule has 5 nitrogen and oxygen atoms in total. The highest BCUT2D eigenvalue weighted by atomic mass is 32.1. The van der Waals surface area contributed by atoms with Crippen molar-refractivity contribution in [3.8, 4) is 28.7 Å². The third kappa shape index (κ3) is 6.27. The second-order valence-electron chi connectivity index (χ2n) is 11.9. The lowest BCUT2D eigenvalue weighted by molar-refractivity contribution is 0.505. The summed E-state index contributed by atoms with van der Waals surface area (Å²) < 4.78 is 4.75. The summed E-state index contributed by atoms with van der Waals surface area (Å²) in [7, 11) is 6.00. The van der Waals surface area contributed by atoms with Crippen LogP contribution in [0.2, 0.25) is 0 Å². The predicted octanol–water partition coefficient (Wildman–Crippen LogP) is 10.6. The minimum atomic E-state index is 0.618. The van der Waals surface area contributed by atoms with E-state index in [1.165, 1.54) is 42.9 Å². The van der Waals surface area contributed by atoms with Crippen LogP contribution in [-0.2, 0) is 0 Å². The molecule has 0 fully saturated rings. The molecular formula is C40H39N5S. The Kier molecular flexibility index (Phi) is 9.20. The number of thiophene rings is 1. The average molecular weight is 622 g/mol. The quantitative estimate of drug-likeness (QED) is 0.197. The molecule has 0 saturated carbocycles. The summed E-state index contributed by atoms with van der Waals surface area (Å²) in [4.78, 5) is 17.0. The third-order valence-corrected chi connectivity index (χ3v) is 8.44. The second-order valence-corrected chi connectivity index (χ2v) is 13.0. The van der Waals surface area contributed by atoms with Gasteiger partial charge in [-0.25, -0.2) is 4.98 Å². The van der Waals surface area contributed by atoms with Crippen LogP contribution >= 0.6 is 11.3 Å². The van der Waals surface area contributed by atoms with Crippen molar-refractivity contribution in [2.24, 2.45) is 0 Å². The van der Waals surface area contributed by atoms with Gasteiger partial charge in [-0.2, -0.15) is 9.97 Å². The van der Waals surface area contributed by atoms with Crippen LogP contribution in [-0.4, -0.2) is 45.6 Å². The van der Waals surface area contributed by atoms with Crippen molar-refractivity contribution in [2.45, 2.75) is 27.2 Å². The SMILES string of the molecule is CCC.CN(C)C.Cc1ccc2c(c1)c1cc3c(cc1n2-c1nc(-c2ccccc2)nc(-c2ccccc2)n1)sc1ccccc13. The van der Waals surface area contributed by atoms with Gasteiger partial charge in [0.15, 0.2) is 11.6 Å². The Balaban J connectivity index is 0.000000487. The molecule has 8 rings (SSSR count). The summed E-state index contributed by atoms with van der Waals surface area (Å²) in [5.74, 6) is 1.93. The largest absolute Gasteiger partial charge is 0.312 e. The molecular weight excluding hydrogens is 583 g/mol. The number of benzene rings is 5. The lowest BCUT2D eigenvalue weighted by atomic mass is 10.1. The number of hydrogen-bond donors (Lipinski definition) is 0. The highest BCUT2D eigenvalue weighted by molar-refractivity contribution is 7.25. The van der Waals surface area contributed by atoms with Gasteiger partial charge < -0.3 is 4.90 Å². The van der Waals surface area contributed by atoms with Crippen LogP contribution in [0.4, 0.5) is 0 Å². The smallest absolute Gasteiger partial charge is 0.238 e. The van der Waals surface area contributed by atoms with Gasteiger partial charge in [-0.15, -0.1) is 11.3 Å². The minimum absolute atomic E-state index is 0.618. The lowest BCUT2D eigenvalue weighted by Gasteiger charge is -2.11. The van der Waals surface area contributed by atoms with Gasteiger partial charge in [0.2, 0.25) is 5.95 Å². The highest BCUT2D eigenvalue weighted by Gasteiger charge is 2.19. The summed E-state index contributed by atoms with van der Waals surface area (Å²) in [6.07, 6.45) is 1.25. The van der Waals surface area contributed by atoms with Gasteiger partial charge >= 0.3 is 0 Å². The normalized spacial score (nSPS) is 11.1. The molecule has 0 aliphatic rings. The van der Waals surface area contributed by atoms with Crippen molar-refractivity contribution in [1.82, 2.24) is 24.4 Å². The van der Waals surface area contributed by atoms with Gasteiger partial charge in [-0.1, -0.05) is 111 Å². The Morgan fingerprint density at radius 2 is 1.11 bits per heavy atom. The van der Waals surface area contributed by atoms with E-state index in [-0.39, 0.29) is 0 Å². The Bertz CT molecular complexity index is 2190. The van der Waals surface area contributed by atoms with Gasteiger partial charge in [-0.05, 0) is 58.4 Å². The fourth-order valence-corrected chi connectivity index (χ4v) is 6.59. The molecule has 6 heteroatoms. The Morgan fingerprint density at radius 1 is 0.565 bits per heavy atom. The van der Waals surface area contributed by atoms with Crippen molar-refractivity contribution in [1.29, 1.82) is 0 Å². The number of aromatic nitrogens is 4. The van der Waals surface area contributed by atoms with Crippen LogP contribution in [0.1, 0.15) is 25.8 Å². The molecule has 46 heavy (non-hydrogen) atoms. The molecule has 0 N–H and O–H groups in total. The first kappa shape index (κ1) is 31.1. The summed E-state index contributed by atoms with van der Waals surface area (Å²) in [6, 6.07) is 40.2. The summed E-state index contributed by atoms with van der Waals surface area (Å²) in [5, 5.41) is 4.98. The molecule has 0 unspecified atom stereocenters. The fraction of sp³-hybridized carbons (Fsp3) is 0.175. The minimum Gasteiger partial charge on any atom is -0.312 e. The molecule has 0 aliphatic carbocycles. The van der Waals surface area contributed by atoms with E-state index < -0.39 is 0 Å². The molecule has 8 aromatic rings. The van der Waals surface area contributed by atoms with E-state index in [0.717, 1.165) is 22.2 Å². The van der Waals surface area contributed by atoms with Gasteiger partial charge in [0.25, 0.3) is 0 Å². The zero-order valence-electron chi connectivity index (χ0n) is 27.3. The lowest BCUT2D eigenvalue weighted by Crippen LogP contribution is -2.06. The maximum Gasteiger partial charge on any atom is 0.238 e. The highest BCUT2D eigenvalue weighted by Crippen LogP contribution is 2.40. The number of aryl methyl sites for hydroxylation is 1. The van der Waals surface area contributed by atoms with E-state index in [0.29, 0.717) is 17.6 Å². The first-order valence-corrected chi connectivity index (χ1v) is 16.5. The molecule has 5 aromatic carbocycles. The molecule has 0 radical (unpaired) electrons. The van der Waals surface area contributed by atoms with E-state index in [1.807, 2.05) is 98.0 Å². The number of hydrogen-bond acceptors (Lipinski definition) is 5. The van der Waals surface area contributed by atoms with E-state index >= 15 is 0 Å². The van der Waals surface area contributed by atoms with Crippen molar-refractivity contribution >= 4 is 53.3 Å². The maximum atomic E-state index is 5.06. The van der Waals surface area contributed by atoms with Crippen LogP contribution in [0.15, 0.2) is 115 Å². The maximum absolute atomic E-state index is 5.06. The Labute approximate surface area is 274 Å². The first-order valence-electron chi connectivity index (χ1n) is 15.7. The molecule has 230 valence electrons. The van der Waals surface area contributed by atoms with Gasteiger partial charge in [0, 0.05) is 42.1 Å². The molecule has 0 atom stereocenters. The van der Waals surface area contributed by atoms with Crippen LogP contribution in [0.3, 0.4) is 0 Å². The molecule has 0 spiro atoms. The zero-order valence-corrected chi connectivity index (χ0v) is 28.1. The standard InChI is InChI=1S/C34H22N4S.C3H9N.C3H8/c1-21-16-17-28-25(18-21)26-19-27-24-14-8-9-15-30(24)39-31(27)20-29(26)38(28)34-36-32(22-10-4-2-5-11-22)35-33(37-34)23-12-6-3-7-13-23;1-4(2)3;1-3-2/h2-20H,1H3;1-3H3;3H2,1-2H3. The molecule has 0 aliphatic heterocycles. The van der Waals surface area contributed by atoms with Gasteiger partial charge in [-0.3, -0.25) is 4.57 Å². The van der Waals surface area contributed by atoms with Gasteiger partial charge in [0.05, 0.1) is 11.0 Å². The monoisotopic (exact) mass is 621 g/mol. The predicted molar refractivity (Wildman–Crippen MR) is 198 cm³/mol. The van der Waals surface area contributed by atoms with E-state index in [9.17, 15) is 0 Å². The second kappa shape index (κ2) is 13.6. The van der Waals surface area contributed by atoms with E-state index in [4.69, 9.17) is 15.0 Å². The first-order chi connectivity index (χ1) is 22.4. The number of nitrogens with zero attached hydrogens (tertiary/aromatic N) is 5.